The number of aryl methyl sites for hydroxylation is 1. The average Bonchev–Trinajstić information content (AvgIpc) is 2.86. The number of piperidine rings is 1. The normalized spacial score (nSPS) is 25.7. The van der Waals surface area contributed by atoms with E-state index in [-0.39, 0.29) is 17.2 Å². The topological polar surface area (TPSA) is 69.6 Å². The number of likely N-dealkylation sites (tertiary alicyclic amines) is 1. The van der Waals surface area contributed by atoms with Gasteiger partial charge in [0, 0.05) is 43.1 Å². The molecule has 3 rings (SSSR count). The zero-order valence-corrected chi connectivity index (χ0v) is 26.7. The van der Waals surface area contributed by atoms with Crippen LogP contribution in [0.5, 0.6) is 11.5 Å². The van der Waals surface area contributed by atoms with Crippen LogP contribution in [0.25, 0.3) is 0 Å². The second-order valence-corrected chi connectivity index (χ2v) is 12.6. The van der Waals surface area contributed by atoms with Crippen molar-refractivity contribution in [3.8, 4) is 11.5 Å². The van der Waals surface area contributed by atoms with Gasteiger partial charge in [0.05, 0.1) is 43.9 Å². The maximum atomic E-state index is 12.0. The predicted molar refractivity (Wildman–Crippen MR) is 158 cm³/mol. The number of allylic oxidation sites excluding steroid dienone is 1. The fourth-order valence-electron chi connectivity index (χ4n) is 6.06. The second kappa shape index (κ2) is 13.2. The van der Waals surface area contributed by atoms with Crippen LogP contribution < -0.4 is 9.47 Å². The molecule has 39 heavy (non-hydrogen) atoms. The number of fused-ring (bicyclic) bond motifs is 1. The van der Waals surface area contributed by atoms with E-state index >= 15 is 0 Å². The lowest BCUT2D eigenvalue weighted by Crippen LogP contribution is -2.68. The number of methoxy groups -OCH3 is 3. The maximum Gasteiger partial charge on any atom is 0.164 e. The number of nitrogens with zero attached hydrogens (tertiary/aromatic N) is 1. The van der Waals surface area contributed by atoms with Crippen LogP contribution in [0.4, 0.5) is 0 Å². The quantitative estimate of drug-likeness (QED) is 0.403. The van der Waals surface area contributed by atoms with Crippen LogP contribution in [0, 0.1) is 6.92 Å². The molecule has 1 fully saturated rings. The van der Waals surface area contributed by atoms with E-state index in [0.717, 1.165) is 55.2 Å². The van der Waals surface area contributed by atoms with Gasteiger partial charge in [-0.1, -0.05) is 6.07 Å². The van der Waals surface area contributed by atoms with Crippen LogP contribution in [0.2, 0.25) is 0 Å². The highest BCUT2D eigenvalue weighted by Gasteiger charge is 2.60. The second-order valence-electron chi connectivity index (χ2n) is 12.6. The summed E-state index contributed by atoms with van der Waals surface area (Å²) in [5, 5.41) is 12.0. The summed E-state index contributed by atoms with van der Waals surface area (Å²) < 4.78 is 28.2. The molecule has 0 radical (unpaired) electrons. The molecule has 3 atom stereocenters. The zero-order chi connectivity index (χ0) is 29.6. The van der Waals surface area contributed by atoms with Crippen molar-refractivity contribution in [3.63, 3.8) is 0 Å². The molecule has 0 aromatic heterocycles. The van der Waals surface area contributed by atoms with Crippen LogP contribution in [0.1, 0.15) is 85.3 Å². The first-order valence-corrected chi connectivity index (χ1v) is 14.3. The summed E-state index contributed by atoms with van der Waals surface area (Å²) in [6.07, 6.45) is 5.02. The van der Waals surface area contributed by atoms with E-state index in [2.05, 4.69) is 66.5 Å². The highest BCUT2D eigenvalue weighted by atomic mass is 16.5. The van der Waals surface area contributed by atoms with Gasteiger partial charge in [0.1, 0.15) is 0 Å². The molecular formula is C32H55NO6. The Labute approximate surface area is 237 Å². The van der Waals surface area contributed by atoms with Gasteiger partial charge in [0.2, 0.25) is 0 Å². The van der Waals surface area contributed by atoms with Gasteiger partial charge < -0.3 is 33.7 Å². The monoisotopic (exact) mass is 549 g/mol. The first-order chi connectivity index (χ1) is 18.1. The molecule has 7 heteroatoms. The Hall–Kier alpha value is -1.80. The van der Waals surface area contributed by atoms with E-state index in [4.69, 9.17) is 23.7 Å². The van der Waals surface area contributed by atoms with Crippen LogP contribution in [-0.4, -0.2) is 81.0 Å². The van der Waals surface area contributed by atoms with Gasteiger partial charge >= 0.3 is 0 Å². The number of benzene rings is 1. The molecule has 1 aliphatic carbocycles. The first-order valence-electron chi connectivity index (χ1n) is 14.3. The standard InChI is InChI=1S/C21H31NO4.C11H24O2/c1-14-7-8-17(25-5)19(26-6)18(14)20-11-12-22(3)15(2)21(20,23)10-9-16(13-20)24-4;1-7-12-11(5,6)8-9-13-10(2,3)4/h7-9,15,23H,10-13H2,1-6H3;7-9H2,1-6H3. The Bertz CT molecular complexity index is 968. The third-order valence-electron chi connectivity index (χ3n) is 8.46. The van der Waals surface area contributed by atoms with Crippen molar-refractivity contribution < 1.29 is 28.8 Å². The molecule has 2 aliphatic rings. The Morgan fingerprint density at radius 1 is 1.03 bits per heavy atom. The number of likely N-dealkylation sites (N-methyl/N-ethyl adjacent to an activating group) is 1. The summed E-state index contributed by atoms with van der Waals surface area (Å²) in [7, 11) is 7.11. The van der Waals surface area contributed by atoms with E-state index < -0.39 is 11.0 Å². The zero-order valence-electron chi connectivity index (χ0n) is 26.7. The molecule has 1 N–H and O–H groups in total. The van der Waals surface area contributed by atoms with Crippen molar-refractivity contribution >= 4 is 0 Å². The highest BCUT2D eigenvalue weighted by Crippen LogP contribution is 2.57. The minimum absolute atomic E-state index is 0.0150. The number of hydrogen-bond acceptors (Lipinski definition) is 7. The molecule has 1 aromatic carbocycles. The molecule has 1 aromatic rings. The van der Waals surface area contributed by atoms with Crippen molar-refractivity contribution in [3.05, 3.63) is 35.1 Å². The van der Waals surface area contributed by atoms with Crippen LogP contribution >= 0.6 is 0 Å². The third-order valence-corrected chi connectivity index (χ3v) is 8.46. The molecule has 1 heterocycles. The third kappa shape index (κ3) is 7.49. The van der Waals surface area contributed by atoms with E-state index in [1.165, 1.54) is 0 Å². The fourth-order valence-corrected chi connectivity index (χ4v) is 6.06. The Balaban J connectivity index is 0.000000349. The van der Waals surface area contributed by atoms with E-state index in [9.17, 15) is 5.11 Å². The minimum Gasteiger partial charge on any atom is -0.501 e. The molecular weight excluding hydrogens is 494 g/mol. The Kier molecular flexibility index (Phi) is 11.3. The molecule has 7 nitrogen and oxygen atoms in total. The molecule has 224 valence electrons. The van der Waals surface area contributed by atoms with Crippen molar-refractivity contribution in [2.75, 3.05) is 48.1 Å². The van der Waals surface area contributed by atoms with Crippen LogP contribution in [0.15, 0.2) is 24.0 Å². The smallest absolute Gasteiger partial charge is 0.164 e. The number of rotatable bonds is 9. The molecule has 0 bridgehead atoms. The highest BCUT2D eigenvalue weighted by molar-refractivity contribution is 5.57. The van der Waals surface area contributed by atoms with Crippen LogP contribution in [-0.2, 0) is 19.6 Å². The van der Waals surface area contributed by atoms with Gasteiger partial charge in [-0.2, -0.15) is 0 Å². The van der Waals surface area contributed by atoms with Gasteiger partial charge in [0.25, 0.3) is 0 Å². The predicted octanol–water partition coefficient (Wildman–Crippen LogP) is 6.04. The molecule has 3 unspecified atom stereocenters. The lowest BCUT2D eigenvalue weighted by Gasteiger charge is -2.59. The molecule has 0 saturated carbocycles. The lowest BCUT2D eigenvalue weighted by atomic mass is 9.54. The van der Waals surface area contributed by atoms with E-state index in [1.807, 2.05) is 19.1 Å². The number of hydrogen-bond donors (Lipinski definition) is 1. The van der Waals surface area contributed by atoms with Crippen molar-refractivity contribution in [1.82, 2.24) is 4.90 Å². The molecule has 1 saturated heterocycles. The lowest BCUT2D eigenvalue weighted by molar-refractivity contribution is -0.134. The summed E-state index contributed by atoms with van der Waals surface area (Å²) in [6, 6.07) is 4.00. The fraction of sp³-hybridized carbons (Fsp3) is 0.750. The Morgan fingerprint density at radius 2 is 1.69 bits per heavy atom. The first kappa shape index (κ1) is 33.4. The summed E-state index contributed by atoms with van der Waals surface area (Å²) in [5.41, 5.74) is 0.664. The average molecular weight is 550 g/mol. The maximum absolute atomic E-state index is 12.0. The van der Waals surface area contributed by atoms with Gasteiger partial charge in [0.15, 0.2) is 11.5 Å². The van der Waals surface area contributed by atoms with Gasteiger partial charge in [-0.25, -0.2) is 0 Å². The van der Waals surface area contributed by atoms with Gasteiger partial charge in [-0.3, -0.25) is 0 Å². The van der Waals surface area contributed by atoms with E-state index in [1.54, 1.807) is 21.3 Å². The van der Waals surface area contributed by atoms with Crippen LogP contribution in [0.3, 0.4) is 0 Å². The van der Waals surface area contributed by atoms with Crippen molar-refractivity contribution in [1.29, 1.82) is 0 Å². The number of ether oxygens (including phenoxy) is 5. The summed E-state index contributed by atoms with van der Waals surface area (Å²) in [6.45, 7) is 19.1. The van der Waals surface area contributed by atoms with Gasteiger partial charge in [-0.15, -0.1) is 0 Å². The minimum atomic E-state index is -0.910. The SMILES string of the molecule is CCOC(C)(C)CCOC(C)(C)C.COC1=CCC2(O)C(C)N(C)CCC2(c2c(C)ccc(OC)c2OC)C1. The largest absolute Gasteiger partial charge is 0.501 e. The summed E-state index contributed by atoms with van der Waals surface area (Å²) >= 11 is 0. The van der Waals surface area contributed by atoms with Gasteiger partial charge in [-0.05, 0) is 99.5 Å². The Morgan fingerprint density at radius 3 is 2.23 bits per heavy atom. The van der Waals surface area contributed by atoms with E-state index in [0.29, 0.717) is 18.6 Å². The molecule has 0 spiro atoms. The van der Waals surface area contributed by atoms with Crippen molar-refractivity contribution in [2.45, 2.75) is 109 Å². The summed E-state index contributed by atoms with van der Waals surface area (Å²) in [4.78, 5) is 2.24. The van der Waals surface area contributed by atoms with Crippen molar-refractivity contribution in [2.24, 2.45) is 0 Å². The molecule has 1 aliphatic heterocycles. The molecule has 0 amide bonds. The number of aliphatic hydroxyl groups is 1. The summed E-state index contributed by atoms with van der Waals surface area (Å²) in [5.74, 6) is 2.35.